The van der Waals surface area contributed by atoms with Crippen LogP contribution < -0.4 is 0 Å². The quantitative estimate of drug-likeness (QED) is 0.139. The van der Waals surface area contributed by atoms with Crippen LogP contribution >= 0.6 is 0 Å². The molecule has 0 bridgehead atoms. The van der Waals surface area contributed by atoms with Gasteiger partial charge in [0.05, 0.1) is 13.2 Å². The van der Waals surface area contributed by atoms with E-state index in [1.165, 1.54) is 52.6 Å². The van der Waals surface area contributed by atoms with E-state index in [-0.39, 0.29) is 68.3 Å². The van der Waals surface area contributed by atoms with Crippen LogP contribution in [0.15, 0.2) is 0 Å². The minimum atomic E-state index is -0.331. The first-order valence-corrected chi connectivity index (χ1v) is 14.8. The number of hydrogen-bond donors (Lipinski definition) is 0. The highest BCUT2D eigenvalue weighted by molar-refractivity contribution is 6.36. The maximum absolute atomic E-state index is 11.2. The molecule has 2 atom stereocenters. The largest absolute Gasteiger partial charge is 0.466 e. The third-order valence-electron chi connectivity index (χ3n) is 4.46. The highest BCUT2D eigenvalue weighted by Crippen LogP contribution is 2.11. The van der Waals surface area contributed by atoms with Gasteiger partial charge < -0.3 is 18.9 Å². The van der Waals surface area contributed by atoms with Crippen molar-refractivity contribution in [2.45, 2.75) is 89.8 Å². The second-order valence-corrected chi connectivity index (χ2v) is 11.4. The van der Waals surface area contributed by atoms with Crippen molar-refractivity contribution >= 4 is 42.9 Å². The van der Waals surface area contributed by atoms with Crippen molar-refractivity contribution in [2.75, 3.05) is 13.2 Å². The Balaban J connectivity index is 3.91. The fraction of sp³-hybridized carbons (Fsp3) is 0.800. The summed E-state index contributed by atoms with van der Waals surface area (Å²) in [5, 5.41) is 0. The van der Waals surface area contributed by atoms with E-state index in [4.69, 9.17) is 18.9 Å². The molecule has 2 unspecified atom stereocenters. The van der Waals surface area contributed by atoms with Gasteiger partial charge in [-0.3, -0.25) is 19.2 Å². The Bertz CT molecular complexity index is 481. The Hall–Kier alpha value is -1.69. The first-order valence-electron chi connectivity index (χ1n) is 10.8. The Morgan fingerprint density at radius 3 is 1.30 bits per heavy atom. The molecule has 30 heavy (non-hydrogen) atoms. The van der Waals surface area contributed by atoms with Gasteiger partial charge in [-0.05, 0) is 12.1 Å². The van der Waals surface area contributed by atoms with Crippen LogP contribution in [0.5, 0.6) is 0 Å². The molecule has 0 fully saturated rings. The lowest BCUT2D eigenvalue weighted by molar-refractivity contribution is -0.149. The lowest BCUT2D eigenvalue weighted by atomic mass is 10.3. The van der Waals surface area contributed by atoms with E-state index in [9.17, 15) is 19.2 Å². The molecule has 174 valence electrons. The summed E-state index contributed by atoms with van der Waals surface area (Å²) in [6.45, 7) is 6.11. The molecular weight excluding hydrogens is 424 g/mol. The van der Waals surface area contributed by atoms with Crippen LogP contribution in [0, 0.1) is 0 Å². The van der Waals surface area contributed by atoms with Gasteiger partial charge in [-0.15, -0.1) is 0 Å². The van der Waals surface area contributed by atoms with Crippen LogP contribution in [0.1, 0.15) is 53.4 Å². The van der Waals surface area contributed by atoms with Crippen LogP contribution in [-0.4, -0.2) is 68.3 Å². The van der Waals surface area contributed by atoms with Crippen LogP contribution in [0.25, 0.3) is 0 Å². The van der Waals surface area contributed by atoms with Crippen molar-refractivity contribution in [1.82, 2.24) is 0 Å². The van der Waals surface area contributed by atoms with Gasteiger partial charge in [-0.1, -0.05) is 24.9 Å². The molecule has 10 heteroatoms. The molecule has 0 aromatic heterocycles. The van der Waals surface area contributed by atoms with E-state index in [1.807, 2.05) is 0 Å². The average molecular weight is 463 g/mol. The molecule has 0 spiro atoms. The van der Waals surface area contributed by atoms with Crippen LogP contribution in [0.3, 0.4) is 0 Å². The summed E-state index contributed by atoms with van der Waals surface area (Å²) in [5.74, 6) is -1.22. The zero-order valence-electron chi connectivity index (χ0n) is 18.9. The molecule has 0 rings (SSSR count). The number of carbonyl (C=O) groups excluding carboxylic acids is 4. The van der Waals surface area contributed by atoms with Gasteiger partial charge in [0.1, 0.15) is 12.2 Å². The summed E-state index contributed by atoms with van der Waals surface area (Å²) >= 11 is 0. The molecule has 0 aliphatic heterocycles. The van der Waals surface area contributed by atoms with E-state index < -0.39 is 0 Å². The lowest BCUT2D eigenvalue weighted by Crippen LogP contribution is -2.21. The number of unbranched alkanes of at least 4 members (excludes halogenated alkanes) is 1. The predicted molar refractivity (Wildman–Crippen MR) is 119 cm³/mol. The average Bonchev–Trinajstić information content (AvgIpc) is 2.61. The van der Waals surface area contributed by atoms with Gasteiger partial charge >= 0.3 is 23.9 Å². The number of ether oxygens (including phenoxy) is 4. The maximum atomic E-state index is 11.2. The summed E-state index contributed by atoms with van der Waals surface area (Å²) in [4.78, 5) is 44.1. The second kappa shape index (κ2) is 18.1. The summed E-state index contributed by atoms with van der Waals surface area (Å²) in [5.41, 5.74) is 0. The molecule has 0 heterocycles. The highest BCUT2D eigenvalue weighted by atomic mass is 28.2. The maximum Gasteiger partial charge on any atom is 0.302 e. The minimum absolute atomic E-state index is 0.149. The molecule has 0 saturated heterocycles. The molecule has 0 N–H and O–H groups in total. The Morgan fingerprint density at radius 2 is 1.00 bits per heavy atom. The van der Waals surface area contributed by atoms with E-state index in [2.05, 4.69) is 0 Å². The van der Waals surface area contributed by atoms with Crippen molar-refractivity contribution in [3.05, 3.63) is 0 Å². The third-order valence-corrected chi connectivity index (χ3v) is 8.56. The van der Waals surface area contributed by atoms with Gasteiger partial charge in [-0.2, -0.15) is 0 Å². The second-order valence-electron chi connectivity index (χ2n) is 7.42. The smallest absolute Gasteiger partial charge is 0.302 e. The van der Waals surface area contributed by atoms with E-state index in [0.717, 1.165) is 12.1 Å². The number of hydrogen-bond acceptors (Lipinski definition) is 8. The van der Waals surface area contributed by atoms with E-state index >= 15 is 0 Å². The molecule has 0 amide bonds. The molecule has 8 nitrogen and oxygen atoms in total. The van der Waals surface area contributed by atoms with Gasteiger partial charge in [0.25, 0.3) is 0 Å². The van der Waals surface area contributed by atoms with Crippen molar-refractivity contribution < 1.29 is 38.1 Å². The summed E-state index contributed by atoms with van der Waals surface area (Å²) < 4.78 is 20.5. The van der Waals surface area contributed by atoms with Gasteiger partial charge in [0, 0.05) is 59.6 Å². The molecule has 0 aliphatic rings. The Morgan fingerprint density at radius 1 is 0.633 bits per heavy atom. The summed E-state index contributed by atoms with van der Waals surface area (Å²) in [7, 11) is -0.661. The molecular formula is C20H38O8Si2. The lowest BCUT2D eigenvalue weighted by Gasteiger charge is -2.17. The zero-order valence-corrected chi connectivity index (χ0v) is 21.7. The fourth-order valence-corrected chi connectivity index (χ4v) is 6.83. The third kappa shape index (κ3) is 19.6. The highest BCUT2D eigenvalue weighted by Gasteiger charge is 2.14. The Kier molecular flexibility index (Phi) is 17.1. The summed E-state index contributed by atoms with van der Waals surface area (Å²) in [6.07, 6.45) is 3.16. The van der Waals surface area contributed by atoms with Crippen LogP contribution in [-0.2, 0) is 38.1 Å². The molecule has 0 saturated carbocycles. The Labute approximate surface area is 184 Å². The predicted octanol–water partition coefficient (Wildman–Crippen LogP) is 1.55. The van der Waals surface area contributed by atoms with Crippen molar-refractivity contribution in [3.63, 3.8) is 0 Å². The fourth-order valence-electron chi connectivity index (χ4n) is 3.11. The first kappa shape index (κ1) is 28.3. The molecule has 0 aliphatic carbocycles. The van der Waals surface area contributed by atoms with Crippen molar-refractivity contribution in [2.24, 2.45) is 0 Å². The minimum Gasteiger partial charge on any atom is -0.466 e. The topological polar surface area (TPSA) is 105 Å². The SMILES string of the molecule is CC(=O)OCCC(C[SiH2]CCCC[SiH2]CC(CCOC(C)=O)OC(C)=O)OC(C)=O. The van der Waals surface area contributed by atoms with Crippen LogP contribution in [0.2, 0.25) is 24.2 Å². The van der Waals surface area contributed by atoms with Crippen molar-refractivity contribution in [3.8, 4) is 0 Å². The van der Waals surface area contributed by atoms with Gasteiger partial charge in [0.2, 0.25) is 0 Å². The molecule has 0 aromatic carbocycles. The van der Waals surface area contributed by atoms with E-state index in [1.54, 1.807) is 0 Å². The number of esters is 4. The van der Waals surface area contributed by atoms with Gasteiger partial charge in [-0.25, -0.2) is 0 Å². The van der Waals surface area contributed by atoms with E-state index in [0.29, 0.717) is 12.8 Å². The first-order chi connectivity index (χ1) is 14.2. The molecule has 0 radical (unpaired) electrons. The molecule has 0 aromatic rings. The standard InChI is InChI=1S/C20H38O8Si2/c1-15(21)25-9-7-19(27-17(3)23)13-29-11-5-6-12-30-14-20(28-18(4)24)8-10-26-16(2)22/h19-20H,5-14,29-30H2,1-4H3. The summed E-state index contributed by atoms with van der Waals surface area (Å²) in [6, 6.07) is 4.20. The zero-order chi connectivity index (χ0) is 22.8. The van der Waals surface area contributed by atoms with Gasteiger partial charge in [0.15, 0.2) is 0 Å². The monoisotopic (exact) mass is 462 g/mol. The number of rotatable bonds is 17. The number of carbonyl (C=O) groups is 4. The van der Waals surface area contributed by atoms with Crippen molar-refractivity contribution in [1.29, 1.82) is 0 Å². The normalized spacial score (nSPS) is 13.3. The van der Waals surface area contributed by atoms with Crippen LogP contribution in [0.4, 0.5) is 0 Å².